The van der Waals surface area contributed by atoms with Crippen molar-refractivity contribution < 1.29 is 4.74 Å². The minimum Gasteiger partial charge on any atom is -0.487 e. The van der Waals surface area contributed by atoms with Crippen LogP contribution in [0.5, 0.6) is 5.75 Å². The van der Waals surface area contributed by atoms with E-state index in [1.165, 1.54) is 5.56 Å². The lowest BCUT2D eigenvalue weighted by atomic mass is 10.0. The predicted octanol–water partition coefficient (Wildman–Crippen LogP) is 2.46. The average molecular weight is 243 g/mol. The van der Waals surface area contributed by atoms with Gasteiger partial charge in [-0.05, 0) is 12.0 Å². The third kappa shape index (κ3) is 1.62. The summed E-state index contributed by atoms with van der Waals surface area (Å²) in [5, 5.41) is 0. The van der Waals surface area contributed by atoms with Crippen molar-refractivity contribution in [3.8, 4) is 5.75 Å². The Morgan fingerprint density at radius 1 is 1.56 bits per heavy atom. The third-order valence-corrected chi connectivity index (χ3v) is 3.81. The summed E-state index contributed by atoms with van der Waals surface area (Å²) in [6, 6.07) is 2.45. The summed E-state index contributed by atoms with van der Waals surface area (Å²) in [6.45, 7) is 13.0. The molecule has 0 spiro atoms. The van der Waals surface area contributed by atoms with Gasteiger partial charge in [0.15, 0.2) is 11.6 Å². The van der Waals surface area contributed by atoms with Gasteiger partial charge in [0.2, 0.25) is 6.04 Å². The Bertz CT molecular complexity index is 506. The first kappa shape index (κ1) is 11.3. The summed E-state index contributed by atoms with van der Waals surface area (Å²) >= 11 is 0. The Hall–Kier alpha value is -1.76. The smallest absolute Gasteiger partial charge is 0.243 e. The van der Waals surface area contributed by atoms with Crippen LogP contribution in [0.2, 0.25) is 0 Å². The van der Waals surface area contributed by atoms with Crippen LogP contribution in [0.25, 0.3) is 4.85 Å². The average Bonchev–Trinajstić information content (AvgIpc) is 2.81. The van der Waals surface area contributed by atoms with Crippen LogP contribution in [0.4, 0.5) is 5.82 Å². The Labute approximate surface area is 107 Å². The van der Waals surface area contributed by atoms with Crippen LogP contribution < -0.4 is 9.64 Å². The number of ether oxygens (including phenoxy) is 1. The van der Waals surface area contributed by atoms with E-state index in [-0.39, 0.29) is 6.04 Å². The van der Waals surface area contributed by atoms with E-state index >= 15 is 0 Å². The quantitative estimate of drug-likeness (QED) is 0.710. The summed E-state index contributed by atoms with van der Waals surface area (Å²) in [7, 11) is 0. The molecule has 18 heavy (non-hydrogen) atoms. The molecule has 3 heterocycles. The fourth-order valence-electron chi connectivity index (χ4n) is 2.84. The standard InChI is InChI=1S/C14H17N3O/c1-9(2)12-4-5-16-14-13(12)18-8-11-6-10(15-3)7-17(11)14/h4-5,9-11H,6-8H2,1-2H3. The van der Waals surface area contributed by atoms with Crippen LogP contribution >= 0.6 is 0 Å². The number of fused-ring (bicyclic) bond motifs is 3. The molecule has 4 heteroatoms. The zero-order chi connectivity index (χ0) is 12.7. The Kier molecular flexibility index (Phi) is 2.62. The summed E-state index contributed by atoms with van der Waals surface area (Å²) in [6.07, 6.45) is 2.75. The Balaban J connectivity index is 2.01. The molecular weight excluding hydrogens is 226 g/mol. The molecule has 1 aromatic heterocycles. The van der Waals surface area contributed by atoms with Crippen molar-refractivity contribution in [1.29, 1.82) is 0 Å². The van der Waals surface area contributed by atoms with Crippen LogP contribution in [-0.2, 0) is 0 Å². The summed E-state index contributed by atoms with van der Waals surface area (Å²) in [5.74, 6) is 2.29. The van der Waals surface area contributed by atoms with Crippen molar-refractivity contribution in [3.63, 3.8) is 0 Å². The summed E-state index contributed by atoms with van der Waals surface area (Å²) < 4.78 is 5.92. The monoisotopic (exact) mass is 243 g/mol. The lowest BCUT2D eigenvalue weighted by molar-refractivity contribution is 0.266. The first-order chi connectivity index (χ1) is 8.70. The molecule has 0 amide bonds. The lowest BCUT2D eigenvalue weighted by Gasteiger charge is -2.33. The van der Waals surface area contributed by atoms with Crippen LogP contribution in [0.3, 0.4) is 0 Å². The number of nitrogens with zero attached hydrogens (tertiary/aromatic N) is 3. The molecule has 2 atom stereocenters. The topological polar surface area (TPSA) is 29.7 Å². The second kappa shape index (κ2) is 4.16. The molecule has 0 aliphatic carbocycles. The van der Waals surface area contributed by atoms with Crippen molar-refractivity contribution in [3.05, 3.63) is 29.2 Å². The van der Waals surface area contributed by atoms with Gasteiger partial charge in [-0.3, -0.25) is 0 Å². The molecule has 4 nitrogen and oxygen atoms in total. The van der Waals surface area contributed by atoms with Gasteiger partial charge in [-0.25, -0.2) is 11.6 Å². The maximum Gasteiger partial charge on any atom is 0.243 e. The van der Waals surface area contributed by atoms with E-state index in [1.54, 1.807) is 0 Å². The van der Waals surface area contributed by atoms with E-state index < -0.39 is 0 Å². The minimum absolute atomic E-state index is 0.0917. The minimum atomic E-state index is 0.0917. The molecule has 0 bridgehead atoms. The van der Waals surface area contributed by atoms with Crippen molar-refractivity contribution in [2.75, 3.05) is 18.1 Å². The number of anilines is 1. The van der Waals surface area contributed by atoms with Gasteiger partial charge in [0.25, 0.3) is 0 Å². The second-order valence-electron chi connectivity index (χ2n) is 5.34. The summed E-state index contributed by atoms with van der Waals surface area (Å²) in [5.41, 5.74) is 1.21. The highest BCUT2D eigenvalue weighted by Gasteiger charge is 2.41. The molecule has 94 valence electrons. The number of aromatic nitrogens is 1. The van der Waals surface area contributed by atoms with Gasteiger partial charge in [-0.2, -0.15) is 0 Å². The van der Waals surface area contributed by atoms with E-state index in [0.29, 0.717) is 18.6 Å². The van der Waals surface area contributed by atoms with Gasteiger partial charge in [-0.1, -0.05) is 13.8 Å². The number of hydrogen-bond acceptors (Lipinski definition) is 3. The molecule has 1 fully saturated rings. The fraction of sp³-hybridized carbons (Fsp3) is 0.571. The van der Waals surface area contributed by atoms with Crippen LogP contribution in [0.1, 0.15) is 31.7 Å². The molecule has 2 aliphatic heterocycles. The highest BCUT2D eigenvalue weighted by molar-refractivity contribution is 5.60. The van der Waals surface area contributed by atoms with E-state index in [1.807, 2.05) is 12.3 Å². The second-order valence-corrected chi connectivity index (χ2v) is 5.34. The van der Waals surface area contributed by atoms with Crippen LogP contribution in [0, 0.1) is 6.57 Å². The SMILES string of the molecule is [C-]#[N+]C1CC2COc3c(C(C)C)ccnc3N2C1. The number of hydrogen-bond donors (Lipinski definition) is 0. The van der Waals surface area contributed by atoms with Crippen LogP contribution in [-0.4, -0.2) is 30.2 Å². The molecule has 0 aromatic carbocycles. The molecule has 1 saturated heterocycles. The molecule has 0 N–H and O–H groups in total. The Morgan fingerprint density at radius 2 is 2.39 bits per heavy atom. The molecule has 2 aliphatic rings. The van der Waals surface area contributed by atoms with Gasteiger partial charge in [0.05, 0.1) is 12.6 Å². The van der Waals surface area contributed by atoms with E-state index in [4.69, 9.17) is 11.3 Å². The maximum atomic E-state index is 7.18. The van der Waals surface area contributed by atoms with Gasteiger partial charge >= 0.3 is 0 Å². The largest absolute Gasteiger partial charge is 0.487 e. The van der Waals surface area contributed by atoms with Crippen molar-refractivity contribution in [2.24, 2.45) is 0 Å². The molecule has 0 saturated carbocycles. The fourth-order valence-corrected chi connectivity index (χ4v) is 2.84. The summed E-state index contributed by atoms with van der Waals surface area (Å²) in [4.78, 5) is 10.4. The van der Waals surface area contributed by atoms with Gasteiger partial charge in [-0.15, -0.1) is 0 Å². The molecule has 1 aromatic rings. The van der Waals surface area contributed by atoms with Crippen molar-refractivity contribution in [1.82, 2.24) is 4.98 Å². The van der Waals surface area contributed by atoms with Crippen LogP contribution in [0.15, 0.2) is 12.3 Å². The van der Waals surface area contributed by atoms with Crippen molar-refractivity contribution in [2.45, 2.75) is 38.3 Å². The highest BCUT2D eigenvalue weighted by atomic mass is 16.5. The van der Waals surface area contributed by atoms with Gasteiger partial charge in [0.1, 0.15) is 6.61 Å². The number of rotatable bonds is 1. The zero-order valence-corrected chi connectivity index (χ0v) is 10.8. The predicted molar refractivity (Wildman–Crippen MR) is 70.0 cm³/mol. The third-order valence-electron chi connectivity index (χ3n) is 3.81. The van der Waals surface area contributed by atoms with Gasteiger partial charge < -0.3 is 14.5 Å². The first-order valence-electron chi connectivity index (χ1n) is 6.45. The van der Waals surface area contributed by atoms with E-state index in [9.17, 15) is 0 Å². The maximum absolute atomic E-state index is 7.18. The number of pyridine rings is 1. The zero-order valence-electron chi connectivity index (χ0n) is 10.8. The van der Waals surface area contributed by atoms with E-state index in [2.05, 4.69) is 28.6 Å². The lowest BCUT2D eigenvalue weighted by Crippen LogP contribution is -2.39. The Morgan fingerprint density at radius 3 is 3.11 bits per heavy atom. The molecule has 2 unspecified atom stereocenters. The van der Waals surface area contributed by atoms with Gasteiger partial charge in [0, 0.05) is 18.2 Å². The van der Waals surface area contributed by atoms with Crippen molar-refractivity contribution >= 4 is 5.82 Å². The normalized spacial score (nSPS) is 25.3. The highest BCUT2D eigenvalue weighted by Crippen LogP contribution is 2.41. The molecule has 3 rings (SSSR count). The van der Waals surface area contributed by atoms with E-state index in [0.717, 1.165) is 24.5 Å². The first-order valence-corrected chi connectivity index (χ1v) is 6.45. The molecular formula is C14H17N3O. The molecule has 0 radical (unpaired) electrons.